The average molecular weight is 276 g/mol. The van der Waals surface area contributed by atoms with Gasteiger partial charge in [0.05, 0.1) is 23.1 Å². The van der Waals surface area contributed by atoms with Crippen molar-refractivity contribution in [2.45, 2.75) is 26.3 Å². The molecule has 0 radical (unpaired) electrons. The Kier molecular flexibility index (Phi) is 5.59. The van der Waals surface area contributed by atoms with Gasteiger partial charge in [0, 0.05) is 11.7 Å². The Morgan fingerprint density at radius 1 is 1.41 bits per heavy atom. The molecule has 0 heterocycles. The number of anilines is 1. The zero-order chi connectivity index (χ0) is 12.8. The van der Waals surface area contributed by atoms with Crippen LogP contribution in [0, 0.1) is 0 Å². The van der Waals surface area contributed by atoms with Gasteiger partial charge in [0.25, 0.3) is 0 Å². The fourth-order valence-electron chi connectivity index (χ4n) is 1.39. The molecule has 0 bridgehead atoms. The molecule has 0 fully saturated rings. The van der Waals surface area contributed by atoms with Crippen molar-refractivity contribution in [1.82, 2.24) is 0 Å². The molecule has 3 nitrogen and oxygen atoms in total. The largest absolute Gasteiger partial charge is 0.466 e. The number of esters is 1. The molecule has 1 unspecified atom stereocenters. The summed E-state index contributed by atoms with van der Waals surface area (Å²) >= 11 is 11.7. The van der Waals surface area contributed by atoms with Crippen LogP contribution in [0.4, 0.5) is 5.69 Å². The van der Waals surface area contributed by atoms with Crippen LogP contribution in [-0.4, -0.2) is 18.6 Å². The number of ether oxygens (including phenoxy) is 1. The second-order valence-corrected chi connectivity index (χ2v) is 4.50. The maximum absolute atomic E-state index is 11.3. The number of rotatable bonds is 5. The molecular formula is C12H15Cl2NO2. The van der Waals surface area contributed by atoms with E-state index in [1.165, 1.54) is 0 Å². The number of hydrogen-bond donors (Lipinski definition) is 1. The Bertz CT molecular complexity index is 396. The molecule has 1 rings (SSSR count). The quantitative estimate of drug-likeness (QED) is 0.832. The molecule has 1 N–H and O–H groups in total. The summed E-state index contributed by atoms with van der Waals surface area (Å²) in [6.07, 6.45) is 0.314. The minimum atomic E-state index is -0.215. The molecule has 94 valence electrons. The molecule has 1 aromatic rings. The molecule has 1 aromatic carbocycles. The molecular weight excluding hydrogens is 261 g/mol. The molecule has 17 heavy (non-hydrogen) atoms. The first kappa shape index (κ1) is 14.1. The Hall–Kier alpha value is -0.930. The van der Waals surface area contributed by atoms with E-state index in [-0.39, 0.29) is 12.0 Å². The van der Waals surface area contributed by atoms with Crippen LogP contribution in [0.3, 0.4) is 0 Å². The third-order valence-corrected chi connectivity index (χ3v) is 2.85. The molecule has 0 amide bonds. The van der Waals surface area contributed by atoms with E-state index in [4.69, 9.17) is 27.9 Å². The van der Waals surface area contributed by atoms with Crippen LogP contribution < -0.4 is 5.32 Å². The second-order valence-electron chi connectivity index (χ2n) is 3.68. The van der Waals surface area contributed by atoms with Crippen LogP contribution in [-0.2, 0) is 9.53 Å². The fraction of sp³-hybridized carbons (Fsp3) is 0.417. The van der Waals surface area contributed by atoms with Gasteiger partial charge < -0.3 is 10.1 Å². The highest BCUT2D eigenvalue weighted by atomic mass is 35.5. The zero-order valence-electron chi connectivity index (χ0n) is 9.80. The van der Waals surface area contributed by atoms with E-state index in [0.717, 1.165) is 5.69 Å². The minimum absolute atomic E-state index is 0.0220. The summed E-state index contributed by atoms with van der Waals surface area (Å²) in [6, 6.07) is 5.23. The SMILES string of the molecule is CCOC(=O)CC(C)Nc1ccc(Cl)c(Cl)c1. The van der Waals surface area contributed by atoms with Crippen molar-refractivity contribution < 1.29 is 9.53 Å². The normalized spacial score (nSPS) is 12.0. The van der Waals surface area contributed by atoms with E-state index in [1.54, 1.807) is 19.1 Å². The van der Waals surface area contributed by atoms with Crippen molar-refractivity contribution >= 4 is 34.9 Å². The van der Waals surface area contributed by atoms with Crippen LogP contribution in [0.5, 0.6) is 0 Å². The van der Waals surface area contributed by atoms with Gasteiger partial charge in [-0.1, -0.05) is 23.2 Å². The molecule has 0 saturated heterocycles. The third kappa shape index (κ3) is 4.84. The van der Waals surface area contributed by atoms with Crippen LogP contribution in [0.15, 0.2) is 18.2 Å². The first-order valence-electron chi connectivity index (χ1n) is 5.40. The Morgan fingerprint density at radius 3 is 2.71 bits per heavy atom. The van der Waals surface area contributed by atoms with Gasteiger partial charge in [0.1, 0.15) is 0 Å². The summed E-state index contributed by atoms with van der Waals surface area (Å²) in [5.74, 6) is -0.215. The first-order valence-corrected chi connectivity index (χ1v) is 6.15. The van der Waals surface area contributed by atoms with E-state index in [0.29, 0.717) is 23.1 Å². The number of benzene rings is 1. The molecule has 5 heteroatoms. The summed E-state index contributed by atoms with van der Waals surface area (Å²) < 4.78 is 4.87. The summed E-state index contributed by atoms with van der Waals surface area (Å²) in [5.41, 5.74) is 0.830. The summed E-state index contributed by atoms with van der Waals surface area (Å²) in [4.78, 5) is 11.3. The summed E-state index contributed by atoms with van der Waals surface area (Å²) in [7, 11) is 0. The highest BCUT2D eigenvalue weighted by molar-refractivity contribution is 6.42. The number of carbonyl (C=O) groups excluding carboxylic acids is 1. The average Bonchev–Trinajstić information content (AvgIpc) is 2.23. The van der Waals surface area contributed by atoms with Gasteiger partial charge in [0.15, 0.2) is 0 Å². The van der Waals surface area contributed by atoms with Gasteiger partial charge in [-0.2, -0.15) is 0 Å². The Labute approximate surface area is 111 Å². The van der Waals surface area contributed by atoms with Crippen LogP contribution in [0.2, 0.25) is 10.0 Å². The highest BCUT2D eigenvalue weighted by Gasteiger charge is 2.10. The lowest BCUT2D eigenvalue weighted by Crippen LogP contribution is -2.20. The molecule has 0 aliphatic heterocycles. The van der Waals surface area contributed by atoms with Gasteiger partial charge in [-0.05, 0) is 32.0 Å². The van der Waals surface area contributed by atoms with Crippen molar-refractivity contribution in [3.05, 3.63) is 28.2 Å². The lowest BCUT2D eigenvalue weighted by atomic mass is 10.2. The maximum atomic E-state index is 11.3. The van der Waals surface area contributed by atoms with Crippen LogP contribution in [0.25, 0.3) is 0 Å². The van der Waals surface area contributed by atoms with Gasteiger partial charge in [-0.15, -0.1) is 0 Å². The molecule has 0 aromatic heterocycles. The van der Waals surface area contributed by atoms with Crippen LogP contribution in [0.1, 0.15) is 20.3 Å². The first-order chi connectivity index (χ1) is 8.02. The summed E-state index contributed by atoms with van der Waals surface area (Å²) in [5, 5.41) is 4.15. The predicted molar refractivity (Wildman–Crippen MR) is 70.8 cm³/mol. The standard InChI is InChI=1S/C12H15Cl2NO2/c1-3-17-12(16)6-8(2)15-9-4-5-10(13)11(14)7-9/h4-5,7-8,15H,3,6H2,1-2H3. The molecule has 0 saturated carbocycles. The predicted octanol–water partition coefficient (Wildman–Crippen LogP) is 3.75. The Morgan fingerprint density at radius 2 is 2.12 bits per heavy atom. The van der Waals surface area contributed by atoms with E-state index < -0.39 is 0 Å². The van der Waals surface area contributed by atoms with Gasteiger partial charge in [0.2, 0.25) is 0 Å². The monoisotopic (exact) mass is 275 g/mol. The van der Waals surface area contributed by atoms with E-state index in [9.17, 15) is 4.79 Å². The van der Waals surface area contributed by atoms with Gasteiger partial charge in [-0.25, -0.2) is 0 Å². The van der Waals surface area contributed by atoms with Crippen molar-refractivity contribution in [1.29, 1.82) is 0 Å². The lowest BCUT2D eigenvalue weighted by Gasteiger charge is -2.14. The van der Waals surface area contributed by atoms with Crippen molar-refractivity contribution in [3.8, 4) is 0 Å². The molecule has 0 aliphatic carbocycles. The van der Waals surface area contributed by atoms with E-state index in [1.807, 2.05) is 13.0 Å². The van der Waals surface area contributed by atoms with E-state index >= 15 is 0 Å². The minimum Gasteiger partial charge on any atom is -0.466 e. The van der Waals surface area contributed by atoms with E-state index in [2.05, 4.69) is 5.32 Å². The molecule has 1 atom stereocenters. The highest BCUT2D eigenvalue weighted by Crippen LogP contribution is 2.25. The molecule has 0 spiro atoms. The topological polar surface area (TPSA) is 38.3 Å². The van der Waals surface area contributed by atoms with Gasteiger partial charge in [-0.3, -0.25) is 4.79 Å². The van der Waals surface area contributed by atoms with Crippen molar-refractivity contribution in [3.63, 3.8) is 0 Å². The van der Waals surface area contributed by atoms with Gasteiger partial charge >= 0.3 is 5.97 Å². The number of halogens is 2. The van der Waals surface area contributed by atoms with Crippen molar-refractivity contribution in [2.24, 2.45) is 0 Å². The maximum Gasteiger partial charge on any atom is 0.307 e. The smallest absolute Gasteiger partial charge is 0.307 e. The fourth-order valence-corrected chi connectivity index (χ4v) is 1.69. The number of carbonyl (C=O) groups is 1. The summed E-state index contributed by atoms with van der Waals surface area (Å²) in [6.45, 7) is 4.09. The Balaban J connectivity index is 2.53. The number of hydrogen-bond acceptors (Lipinski definition) is 3. The lowest BCUT2D eigenvalue weighted by molar-refractivity contribution is -0.143. The van der Waals surface area contributed by atoms with Crippen molar-refractivity contribution in [2.75, 3.05) is 11.9 Å². The zero-order valence-corrected chi connectivity index (χ0v) is 11.3. The molecule has 0 aliphatic rings. The van der Waals surface area contributed by atoms with Crippen LogP contribution >= 0.6 is 23.2 Å². The third-order valence-electron chi connectivity index (χ3n) is 2.11. The second kappa shape index (κ2) is 6.72. The number of nitrogens with one attached hydrogen (secondary N) is 1.